The van der Waals surface area contributed by atoms with Gasteiger partial charge in [0.05, 0.1) is 5.69 Å². The molecule has 0 atom stereocenters. The van der Waals surface area contributed by atoms with Crippen molar-refractivity contribution in [2.24, 2.45) is 0 Å². The Hall–Kier alpha value is -2.30. The number of carbonyl (C=O) groups is 1. The van der Waals surface area contributed by atoms with Gasteiger partial charge in [-0.2, -0.15) is 5.10 Å². The summed E-state index contributed by atoms with van der Waals surface area (Å²) in [5, 5.41) is 9.90. The summed E-state index contributed by atoms with van der Waals surface area (Å²) in [6, 6.07) is 9.30. The molecule has 0 spiro atoms. The lowest BCUT2D eigenvalue weighted by Gasteiger charge is -2.07. The Morgan fingerprint density at radius 1 is 1.30 bits per heavy atom. The van der Waals surface area contributed by atoms with Crippen LogP contribution in [0.1, 0.15) is 17.0 Å². The average molecular weight is 273 g/mol. The topological polar surface area (TPSA) is 67.0 Å². The molecule has 1 heterocycles. The highest BCUT2D eigenvalue weighted by molar-refractivity contribution is 5.77. The van der Waals surface area contributed by atoms with Crippen LogP contribution in [0.25, 0.3) is 0 Å². The molecule has 0 unspecified atom stereocenters. The zero-order chi connectivity index (χ0) is 14.4. The van der Waals surface area contributed by atoms with Gasteiger partial charge in [0.2, 0.25) is 0 Å². The molecule has 1 aromatic carbocycles. The molecule has 1 aromatic heterocycles. The maximum atomic E-state index is 11.7. The lowest BCUT2D eigenvalue weighted by molar-refractivity contribution is -0.123. The highest BCUT2D eigenvalue weighted by atomic mass is 16.5. The predicted octanol–water partition coefficient (Wildman–Crippen LogP) is 1.76. The van der Waals surface area contributed by atoms with E-state index in [1.807, 2.05) is 44.2 Å². The molecular weight excluding hydrogens is 254 g/mol. The number of aromatic amines is 1. The Labute approximate surface area is 118 Å². The van der Waals surface area contributed by atoms with E-state index in [0.29, 0.717) is 12.3 Å². The van der Waals surface area contributed by atoms with E-state index in [4.69, 9.17) is 4.74 Å². The van der Waals surface area contributed by atoms with Crippen LogP contribution in [0, 0.1) is 13.8 Å². The van der Waals surface area contributed by atoms with E-state index in [0.717, 1.165) is 23.4 Å². The van der Waals surface area contributed by atoms with Gasteiger partial charge in [-0.15, -0.1) is 0 Å². The molecule has 0 saturated carbocycles. The van der Waals surface area contributed by atoms with E-state index in [1.54, 1.807) is 0 Å². The van der Waals surface area contributed by atoms with Gasteiger partial charge in [0.15, 0.2) is 6.61 Å². The van der Waals surface area contributed by atoms with Crippen molar-refractivity contribution in [1.82, 2.24) is 15.5 Å². The minimum atomic E-state index is -0.118. The smallest absolute Gasteiger partial charge is 0.257 e. The van der Waals surface area contributed by atoms with Crippen molar-refractivity contribution in [1.29, 1.82) is 0 Å². The van der Waals surface area contributed by atoms with E-state index in [-0.39, 0.29) is 12.5 Å². The number of aryl methyl sites for hydroxylation is 2. The number of para-hydroxylation sites is 1. The van der Waals surface area contributed by atoms with Gasteiger partial charge in [-0.25, -0.2) is 0 Å². The molecule has 20 heavy (non-hydrogen) atoms. The van der Waals surface area contributed by atoms with Crippen LogP contribution in [0.15, 0.2) is 30.3 Å². The van der Waals surface area contributed by atoms with Crippen LogP contribution in [0.3, 0.4) is 0 Å². The van der Waals surface area contributed by atoms with Crippen LogP contribution in [0.4, 0.5) is 0 Å². The van der Waals surface area contributed by atoms with Gasteiger partial charge in [0, 0.05) is 12.2 Å². The Balaban J connectivity index is 1.71. The molecule has 0 aliphatic carbocycles. The molecule has 1 amide bonds. The van der Waals surface area contributed by atoms with E-state index < -0.39 is 0 Å². The second-order valence-electron chi connectivity index (χ2n) is 4.61. The summed E-state index contributed by atoms with van der Waals surface area (Å²) in [6.07, 6.45) is 0.769. The van der Waals surface area contributed by atoms with Crippen molar-refractivity contribution >= 4 is 5.91 Å². The van der Waals surface area contributed by atoms with Crippen LogP contribution < -0.4 is 10.1 Å². The van der Waals surface area contributed by atoms with E-state index in [1.165, 1.54) is 0 Å². The largest absolute Gasteiger partial charge is 0.484 e. The van der Waals surface area contributed by atoms with Gasteiger partial charge in [0.25, 0.3) is 5.91 Å². The van der Waals surface area contributed by atoms with Crippen LogP contribution >= 0.6 is 0 Å². The molecule has 0 aliphatic heterocycles. The quantitative estimate of drug-likeness (QED) is 0.843. The second-order valence-corrected chi connectivity index (χ2v) is 4.61. The number of carbonyl (C=O) groups excluding carboxylic acids is 1. The first-order chi connectivity index (χ1) is 9.66. The number of benzene rings is 1. The van der Waals surface area contributed by atoms with Gasteiger partial charge in [-0.3, -0.25) is 9.89 Å². The van der Waals surface area contributed by atoms with Crippen LogP contribution in [0.5, 0.6) is 5.75 Å². The highest BCUT2D eigenvalue weighted by Crippen LogP contribution is 2.09. The molecule has 2 N–H and O–H groups in total. The van der Waals surface area contributed by atoms with Crippen molar-refractivity contribution in [3.8, 4) is 5.75 Å². The lowest BCUT2D eigenvalue weighted by Crippen LogP contribution is -2.30. The SMILES string of the molecule is Cc1n[nH]c(C)c1CCNC(=O)COc1ccccc1. The number of amides is 1. The fraction of sp³-hybridized carbons (Fsp3) is 0.333. The minimum Gasteiger partial charge on any atom is -0.484 e. The van der Waals surface area contributed by atoms with Crippen LogP contribution in [-0.4, -0.2) is 29.3 Å². The number of aromatic nitrogens is 2. The number of hydrogen-bond acceptors (Lipinski definition) is 3. The Bertz CT molecular complexity index is 544. The molecule has 5 nitrogen and oxygen atoms in total. The third-order valence-corrected chi connectivity index (χ3v) is 3.09. The van der Waals surface area contributed by atoms with Gasteiger partial charge < -0.3 is 10.1 Å². The molecule has 106 valence electrons. The molecule has 0 saturated heterocycles. The zero-order valence-corrected chi connectivity index (χ0v) is 11.8. The van der Waals surface area contributed by atoms with Crippen molar-refractivity contribution in [2.45, 2.75) is 20.3 Å². The fourth-order valence-corrected chi connectivity index (χ4v) is 1.99. The Morgan fingerprint density at radius 2 is 2.05 bits per heavy atom. The second kappa shape index (κ2) is 6.75. The summed E-state index contributed by atoms with van der Waals surface area (Å²) < 4.78 is 5.37. The third kappa shape index (κ3) is 3.85. The van der Waals surface area contributed by atoms with Crippen LogP contribution in [0.2, 0.25) is 0 Å². The lowest BCUT2D eigenvalue weighted by atomic mass is 10.1. The van der Waals surface area contributed by atoms with Gasteiger partial charge in [-0.1, -0.05) is 18.2 Å². The normalized spacial score (nSPS) is 10.3. The standard InChI is InChI=1S/C15H19N3O2/c1-11-14(12(2)18-17-11)8-9-16-15(19)10-20-13-6-4-3-5-7-13/h3-7H,8-10H2,1-2H3,(H,16,19)(H,17,18). The Kier molecular flexibility index (Phi) is 4.76. The number of H-pyrrole nitrogens is 1. The van der Waals surface area contributed by atoms with Gasteiger partial charge in [-0.05, 0) is 38.0 Å². The maximum Gasteiger partial charge on any atom is 0.257 e. The summed E-state index contributed by atoms with van der Waals surface area (Å²) in [7, 11) is 0. The summed E-state index contributed by atoms with van der Waals surface area (Å²) in [5.74, 6) is 0.580. The maximum absolute atomic E-state index is 11.7. The number of nitrogens with one attached hydrogen (secondary N) is 2. The van der Waals surface area contributed by atoms with Crippen molar-refractivity contribution in [3.63, 3.8) is 0 Å². The number of rotatable bonds is 6. The molecule has 5 heteroatoms. The van der Waals surface area contributed by atoms with Crippen molar-refractivity contribution in [3.05, 3.63) is 47.3 Å². The minimum absolute atomic E-state index is 0.0351. The van der Waals surface area contributed by atoms with Crippen LogP contribution in [-0.2, 0) is 11.2 Å². The number of ether oxygens (including phenoxy) is 1. The zero-order valence-electron chi connectivity index (χ0n) is 11.8. The van der Waals surface area contributed by atoms with Gasteiger partial charge >= 0.3 is 0 Å². The summed E-state index contributed by atoms with van der Waals surface area (Å²) in [6.45, 7) is 4.56. The first-order valence-corrected chi connectivity index (χ1v) is 6.62. The fourth-order valence-electron chi connectivity index (χ4n) is 1.99. The molecule has 2 aromatic rings. The third-order valence-electron chi connectivity index (χ3n) is 3.09. The molecule has 0 radical (unpaired) electrons. The van der Waals surface area contributed by atoms with E-state index in [2.05, 4.69) is 15.5 Å². The molecule has 2 rings (SSSR count). The van der Waals surface area contributed by atoms with E-state index in [9.17, 15) is 4.79 Å². The van der Waals surface area contributed by atoms with Crippen molar-refractivity contribution < 1.29 is 9.53 Å². The molecule has 0 fully saturated rings. The molecule has 0 bridgehead atoms. The predicted molar refractivity (Wildman–Crippen MR) is 76.7 cm³/mol. The van der Waals surface area contributed by atoms with Gasteiger partial charge in [0.1, 0.15) is 5.75 Å². The summed E-state index contributed by atoms with van der Waals surface area (Å²) in [4.78, 5) is 11.7. The average Bonchev–Trinajstić information content (AvgIpc) is 2.78. The van der Waals surface area contributed by atoms with Crippen molar-refractivity contribution in [2.75, 3.05) is 13.2 Å². The first-order valence-electron chi connectivity index (χ1n) is 6.62. The summed E-state index contributed by atoms with van der Waals surface area (Å²) in [5.41, 5.74) is 3.20. The number of hydrogen-bond donors (Lipinski definition) is 2. The first kappa shape index (κ1) is 14.1. The highest BCUT2D eigenvalue weighted by Gasteiger charge is 2.07. The molecule has 0 aliphatic rings. The number of nitrogens with zero attached hydrogens (tertiary/aromatic N) is 1. The van der Waals surface area contributed by atoms with E-state index >= 15 is 0 Å². The molecular formula is C15H19N3O2. The Morgan fingerprint density at radius 3 is 2.70 bits per heavy atom. The monoisotopic (exact) mass is 273 g/mol. The summed E-state index contributed by atoms with van der Waals surface area (Å²) >= 11 is 0.